The van der Waals surface area contributed by atoms with E-state index in [0.29, 0.717) is 43.2 Å². The first kappa shape index (κ1) is 22.3. The van der Waals surface area contributed by atoms with E-state index in [9.17, 15) is 28.2 Å². The van der Waals surface area contributed by atoms with E-state index < -0.39 is 17.5 Å². The Labute approximate surface area is 181 Å². The number of allylic oxidation sites excluding steroid dienone is 1. The molecule has 0 saturated carbocycles. The molecule has 4 rings (SSSR count). The molecule has 2 heterocycles. The molecule has 1 aromatic carbocycles. The van der Waals surface area contributed by atoms with E-state index in [1.54, 1.807) is 6.07 Å². The largest absolute Gasteiger partial charge is 0.495 e. The topological polar surface area (TPSA) is 92.1 Å². The van der Waals surface area contributed by atoms with Gasteiger partial charge in [-0.2, -0.15) is 13.2 Å². The molecule has 0 amide bonds. The van der Waals surface area contributed by atoms with Gasteiger partial charge in [-0.05, 0) is 35.4 Å². The van der Waals surface area contributed by atoms with Gasteiger partial charge in [0.2, 0.25) is 0 Å². The molecule has 2 N–H and O–H groups in total. The second-order valence-electron chi connectivity index (χ2n) is 7.63. The first-order valence-corrected chi connectivity index (χ1v) is 9.87. The van der Waals surface area contributed by atoms with Crippen LogP contribution in [0.2, 0.25) is 0 Å². The van der Waals surface area contributed by atoms with Crippen molar-refractivity contribution in [3.8, 4) is 5.75 Å². The van der Waals surface area contributed by atoms with Gasteiger partial charge in [0.15, 0.2) is 5.78 Å². The van der Waals surface area contributed by atoms with Crippen molar-refractivity contribution < 1.29 is 37.7 Å². The number of aliphatic hydroxyl groups is 2. The van der Waals surface area contributed by atoms with Gasteiger partial charge in [0, 0.05) is 48.6 Å². The third kappa shape index (κ3) is 3.96. The Kier molecular flexibility index (Phi) is 5.70. The van der Waals surface area contributed by atoms with Crippen LogP contribution in [0.5, 0.6) is 5.75 Å². The average molecular weight is 450 g/mol. The number of carbonyl (C=O) groups excluding carboxylic acids is 1. The average Bonchev–Trinajstić information content (AvgIpc) is 3.07. The lowest BCUT2D eigenvalue weighted by Gasteiger charge is -2.30. The van der Waals surface area contributed by atoms with Gasteiger partial charge < -0.3 is 24.6 Å². The predicted octanol–water partition coefficient (Wildman–Crippen LogP) is 2.45. The predicted molar refractivity (Wildman–Crippen MR) is 108 cm³/mol. The van der Waals surface area contributed by atoms with Gasteiger partial charge >= 0.3 is 6.18 Å². The van der Waals surface area contributed by atoms with Gasteiger partial charge in [-0.3, -0.25) is 9.78 Å². The third-order valence-electron chi connectivity index (χ3n) is 5.57. The standard InChI is InChI=1S/C22H21F3N2O5/c1-31-19-10-17-14(9-18(19)27-2-4-32-5-3-27)8-15(20(17)28)6-13-7-16(12-26-11-13)21(29,30)22(23,24)25/h6-7,9-12,29-30H,2-5,8H2,1H3/b15-6+. The van der Waals surface area contributed by atoms with Crippen molar-refractivity contribution in [2.24, 2.45) is 0 Å². The summed E-state index contributed by atoms with van der Waals surface area (Å²) in [6.45, 7) is 2.55. The monoisotopic (exact) mass is 450 g/mol. The molecule has 0 spiro atoms. The molecule has 10 heteroatoms. The van der Waals surface area contributed by atoms with Crippen LogP contribution in [0, 0.1) is 0 Å². The van der Waals surface area contributed by atoms with Gasteiger partial charge in [-0.25, -0.2) is 0 Å². The smallest absolute Gasteiger partial charge is 0.447 e. The van der Waals surface area contributed by atoms with Crippen molar-refractivity contribution in [1.29, 1.82) is 0 Å². The van der Waals surface area contributed by atoms with Crippen molar-refractivity contribution in [2.45, 2.75) is 18.4 Å². The minimum absolute atomic E-state index is 0.149. The summed E-state index contributed by atoms with van der Waals surface area (Å²) in [4.78, 5) is 18.7. The number of hydrogen-bond donors (Lipinski definition) is 2. The van der Waals surface area contributed by atoms with E-state index in [1.807, 2.05) is 6.07 Å². The van der Waals surface area contributed by atoms with Crippen LogP contribution >= 0.6 is 0 Å². The highest BCUT2D eigenvalue weighted by atomic mass is 19.4. The van der Waals surface area contributed by atoms with Gasteiger partial charge in [-0.15, -0.1) is 0 Å². The van der Waals surface area contributed by atoms with Crippen molar-refractivity contribution in [3.63, 3.8) is 0 Å². The number of methoxy groups -OCH3 is 1. The van der Waals surface area contributed by atoms with E-state index in [4.69, 9.17) is 9.47 Å². The fraction of sp³-hybridized carbons (Fsp3) is 0.364. The molecule has 7 nitrogen and oxygen atoms in total. The van der Waals surface area contributed by atoms with Gasteiger partial charge in [0.05, 0.1) is 26.0 Å². The SMILES string of the molecule is COc1cc2c(cc1N1CCOCC1)C/C(=C\c1cncc(C(O)(O)C(F)(F)F)c1)C2=O. The van der Waals surface area contributed by atoms with Crippen LogP contribution in [-0.4, -0.2) is 60.6 Å². The van der Waals surface area contributed by atoms with Crippen LogP contribution in [0.1, 0.15) is 27.0 Å². The van der Waals surface area contributed by atoms with Gasteiger partial charge in [0.25, 0.3) is 5.79 Å². The number of hydrogen-bond acceptors (Lipinski definition) is 7. The molecule has 1 aliphatic carbocycles. The number of pyridine rings is 1. The van der Waals surface area contributed by atoms with Gasteiger partial charge in [0.1, 0.15) is 5.75 Å². The molecule has 0 bridgehead atoms. The Balaban J connectivity index is 1.66. The molecule has 170 valence electrons. The van der Waals surface area contributed by atoms with E-state index in [1.165, 1.54) is 19.4 Å². The molecular formula is C22H21F3N2O5. The first-order valence-electron chi connectivity index (χ1n) is 9.87. The number of ketones is 1. The van der Waals surface area contributed by atoms with Gasteiger partial charge in [-0.1, -0.05) is 0 Å². The van der Waals surface area contributed by atoms with E-state index >= 15 is 0 Å². The molecule has 0 unspecified atom stereocenters. The lowest BCUT2D eigenvalue weighted by atomic mass is 10.0. The lowest BCUT2D eigenvalue weighted by Crippen LogP contribution is -2.42. The van der Waals surface area contributed by atoms with Crippen LogP contribution in [0.4, 0.5) is 18.9 Å². The summed E-state index contributed by atoms with van der Waals surface area (Å²) in [5.41, 5.74) is 1.76. The number of rotatable bonds is 4. The van der Waals surface area contributed by atoms with Crippen LogP contribution in [0.3, 0.4) is 0 Å². The fourth-order valence-electron chi connectivity index (χ4n) is 3.85. The zero-order valence-corrected chi connectivity index (χ0v) is 17.1. The van der Waals surface area contributed by atoms with Crippen LogP contribution in [0.25, 0.3) is 6.08 Å². The highest BCUT2D eigenvalue weighted by molar-refractivity contribution is 6.16. The number of alkyl halides is 3. The molecule has 2 aliphatic rings. The molecule has 1 fully saturated rings. The second kappa shape index (κ2) is 8.19. The number of carbonyl (C=O) groups is 1. The Morgan fingerprint density at radius 3 is 2.53 bits per heavy atom. The number of benzene rings is 1. The summed E-state index contributed by atoms with van der Waals surface area (Å²) in [5.74, 6) is -3.76. The highest BCUT2D eigenvalue weighted by Crippen LogP contribution is 2.39. The van der Waals surface area contributed by atoms with E-state index in [-0.39, 0.29) is 17.8 Å². The Hall–Kier alpha value is -2.95. The number of fused-ring (bicyclic) bond motifs is 1. The van der Waals surface area contributed by atoms with E-state index in [2.05, 4.69) is 9.88 Å². The zero-order chi connectivity index (χ0) is 23.1. The molecule has 1 aromatic heterocycles. The van der Waals surface area contributed by atoms with E-state index in [0.717, 1.165) is 23.5 Å². The summed E-state index contributed by atoms with van der Waals surface area (Å²) >= 11 is 0. The summed E-state index contributed by atoms with van der Waals surface area (Å²) in [5, 5.41) is 19.0. The van der Waals surface area contributed by atoms with Crippen molar-refractivity contribution in [1.82, 2.24) is 4.98 Å². The second-order valence-corrected chi connectivity index (χ2v) is 7.63. The minimum Gasteiger partial charge on any atom is -0.495 e. The number of morpholine rings is 1. The lowest BCUT2D eigenvalue weighted by molar-refractivity contribution is -0.358. The van der Waals surface area contributed by atoms with Crippen molar-refractivity contribution in [3.05, 3.63) is 58.4 Å². The Bertz CT molecular complexity index is 1080. The Morgan fingerprint density at radius 2 is 1.88 bits per heavy atom. The first-order chi connectivity index (χ1) is 15.1. The van der Waals surface area contributed by atoms with Crippen molar-refractivity contribution >= 4 is 17.5 Å². The molecule has 1 aliphatic heterocycles. The Morgan fingerprint density at radius 1 is 1.16 bits per heavy atom. The molecule has 2 aromatic rings. The summed E-state index contributed by atoms with van der Waals surface area (Å²) in [7, 11) is 1.52. The summed E-state index contributed by atoms with van der Waals surface area (Å²) in [6, 6.07) is 4.51. The van der Waals surface area contributed by atoms with Crippen LogP contribution in [-0.2, 0) is 16.9 Å². The maximum atomic E-state index is 12.9. The van der Waals surface area contributed by atoms with Crippen LogP contribution in [0.15, 0.2) is 36.2 Å². The number of anilines is 1. The summed E-state index contributed by atoms with van der Waals surface area (Å²) in [6.07, 6.45) is -1.64. The highest BCUT2D eigenvalue weighted by Gasteiger charge is 2.54. The maximum absolute atomic E-state index is 12.9. The van der Waals surface area contributed by atoms with Crippen LogP contribution < -0.4 is 9.64 Å². The fourth-order valence-corrected chi connectivity index (χ4v) is 3.85. The molecular weight excluding hydrogens is 429 g/mol. The number of ether oxygens (including phenoxy) is 2. The molecule has 1 saturated heterocycles. The zero-order valence-electron chi connectivity index (χ0n) is 17.1. The maximum Gasteiger partial charge on any atom is 0.447 e. The third-order valence-corrected chi connectivity index (χ3v) is 5.57. The number of nitrogens with zero attached hydrogens (tertiary/aromatic N) is 2. The quantitative estimate of drug-likeness (QED) is 0.546. The minimum atomic E-state index is -5.30. The van der Waals surface area contributed by atoms with Crippen molar-refractivity contribution in [2.75, 3.05) is 38.3 Å². The molecule has 0 radical (unpaired) electrons. The summed E-state index contributed by atoms with van der Waals surface area (Å²) < 4.78 is 49.7. The normalized spacial score (nSPS) is 18.2. The number of Topliss-reactive ketones (excluding diaryl/α,β-unsaturated/α-hetero) is 1. The molecule has 32 heavy (non-hydrogen) atoms. The number of aromatic nitrogens is 1. The number of halogens is 3. The molecule has 0 atom stereocenters.